The minimum atomic E-state index is -0.640. The van der Waals surface area contributed by atoms with Gasteiger partial charge in [-0.25, -0.2) is 0 Å². The van der Waals surface area contributed by atoms with Crippen molar-refractivity contribution < 1.29 is 14.1 Å². The summed E-state index contributed by atoms with van der Waals surface area (Å²) in [7, 11) is 0. The normalized spacial score (nSPS) is 11.8. The number of thiophene rings is 1. The highest BCUT2D eigenvalue weighted by Crippen LogP contribution is 2.24. The fourth-order valence-electron chi connectivity index (χ4n) is 2.78. The quantitative estimate of drug-likeness (QED) is 0.478. The van der Waals surface area contributed by atoms with Crippen LogP contribution in [0.4, 0.5) is 5.69 Å². The number of hydrogen-bond acceptors (Lipinski definition) is 6. The van der Waals surface area contributed by atoms with Crippen LogP contribution in [0.15, 0.2) is 76.6 Å². The first-order valence-corrected chi connectivity index (χ1v) is 10.0. The highest BCUT2D eigenvalue weighted by molar-refractivity contribution is 7.13. The van der Waals surface area contributed by atoms with E-state index in [1.54, 1.807) is 18.3 Å². The Bertz CT molecular complexity index is 1080. The fourth-order valence-corrected chi connectivity index (χ4v) is 3.43. The molecular weight excluding hydrogens is 386 g/mol. The van der Waals surface area contributed by atoms with Gasteiger partial charge >= 0.3 is 0 Å². The minimum absolute atomic E-state index is 0.230. The van der Waals surface area contributed by atoms with Crippen molar-refractivity contribution in [2.24, 2.45) is 0 Å². The van der Waals surface area contributed by atoms with E-state index in [0.717, 1.165) is 10.4 Å². The van der Waals surface area contributed by atoms with Crippen LogP contribution < -0.4 is 10.1 Å². The van der Waals surface area contributed by atoms with Crippen LogP contribution in [0.25, 0.3) is 10.7 Å². The third kappa shape index (κ3) is 4.70. The summed E-state index contributed by atoms with van der Waals surface area (Å²) < 4.78 is 11.1. The average molecular weight is 405 g/mol. The Balaban J connectivity index is 1.45. The molecule has 0 radical (unpaired) electrons. The van der Waals surface area contributed by atoms with Gasteiger partial charge in [-0.1, -0.05) is 47.6 Å². The van der Waals surface area contributed by atoms with Crippen molar-refractivity contribution in [2.45, 2.75) is 19.4 Å². The van der Waals surface area contributed by atoms with E-state index in [4.69, 9.17) is 9.26 Å². The predicted octanol–water partition coefficient (Wildman–Crippen LogP) is 4.79. The molecule has 1 unspecified atom stereocenters. The first-order valence-electron chi connectivity index (χ1n) is 9.16. The largest absolute Gasteiger partial charge is 0.481 e. The number of aromatic nitrogens is 2. The molecule has 0 fully saturated rings. The minimum Gasteiger partial charge on any atom is -0.481 e. The monoisotopic (exact) mass is 405 g/mol. The molecule has 4 rings (SSSR count). The molecule has 4 aromatic rings. The molecule has 7 heteroatoms. The number of anilines is 1. The van der Waals surface area contributed by atoms with Crippen molar-refractivity contribution in [2.75, 3.05) is 5.32 Å². The van der Waals surface area contributed by atoms with Gasteiger partial charge in [0.2, 0.25) is 11.7 Å². The molecule has 2 heterocycles. The molecule has 29 heavy (non-hydrogen) atoms. The molecule has 0 aliphatic carbocycles. The Kier molecular flexibility index (Phi) is 5.67. The van der Waals surface area contributed by atoms with Gasteiger partial charge < -0.3 is 14.6 Å². The Labute approximate surface area is 172 Å². The SMILES string of the molecule is CC(Oc1ccccc1)C(=O)Nc1ccccc1Cc1nc(-c2cccs2)no1. The van der Waals surface area contributed by atoms with Gasteiger partial charge in [0.05, 0.1) is 11.3 Å². The van der Waals surface area contributed by atoms with E-state index in [2.05, 4.69) is 15.5 Å². The van der Waals surface area contributed by atoms with Crippen molar-refractivity contribution in [3.8, 4) is 16.5 Å². The number of nitrogens with zero attached hydrogens (tertiary/aromatic N) is 2. The van der Waals surface area contributed by atoms with Crippen LogP contribution in [0, 0.1) is 0 Å². The lowest BCUT2D eigenvalue weighted by atomic mass is 10.1. The first-order chi connectivity index (χ1) is 14.2. The molecule has 1 N–H and O–H groups in total. The maximum atomic E-state index is 12.6. The number of para-hydroxylation sites is 2. The molecule has 2 aromatic heterocycles. The van der Waals surface area contributed by atoms with Gasteiger partial charge in [0.1, 0.15) is 5.75 Å². The summed E-state index contributed by atoms with van der Waals surface area (Å²) in [6, 6.07) is 20.7. The number of benzene rings is 2. The standard InChI is InChI=1S/C22H19N3O3S/c1-15(27-17-9-3-2-4-10-17)22(26)23-18-11-6-5-8-16(18)14-20-24-21(25-28-20)19-12-7-13-29-19/h2-13,15H,14H2,1H3,(H,23,26). The van der Waals surface area contributed by atoms with Crippen LogP contribution in [0.5, 0.6) is 5.75 Å². The summed E-state index contributed by atoms with van der Waals surface area (Å²) in [5, 5.41) is 8.94. The van der Waals surface area contributed by atoms with Crippen LogP contribution >= 0.6 is 11.3 Å². The Morgan fingerprint density at radius 2 is 1.90 bits per heavy atom. The second-order valence-corrected chi connectivity index (χ2v) is 7.33. The van der Waals surface area contributed by atoms with Gasteiger partial charge in [0, 0.05) is 5.69 Å². The van der Waals surface area contributed by atoms with E-state index in [0.29, 0.717) is 29.6 Å². The molecule has 146 valence electrons. The lowest BCUT2D eigenvalue weighted by Crippen LogP contribution is -2.30. The molecule has 0 bridgehead atoms. The third-order valence-electron chi connectivity index (χ3n) is 4.25. The zero-order chi connectivity index (χ0) is 20.1. The van der Waals surface area contributed by atoms with Crippen molar-refractivity contribution in [3.63, 3.8) is 0 Å². The van der Waals surface area contributed by atoms with Gasteiger partial charge in [-0.3, -0.25) is 4.79 Å². The van der Waals surface area contributed by atoms with Crippen LogP contribution in [0.3, 0.4) is 0 Å². The van der Waals surface area contributed by atoms with Crippen molar-refractivity contribution >= 4 is 22.9 Å². The fraction of sp³-hybridized carbons (Fsp3) is 0.136. The molecule has 0 aliphatic heterocycles. The Hall–Kier alpha value is -3.45. The summed E-state index contributed by atoms with van der Waals surface area (Å²) >= 11 is 1.56. The van der Waals surface area contributed by atoms with Crippen LogP contribution in [0.2, 0.25) is 0 Å². The van der Waals surface area contributed by atoms with Crippen LogP contribution in [-0.4, -0.2) is 22.2 Å². The highest BCUT2D eigenvalue weighted by Gasteiger charge is 2.17. The van der Waals surface area contributed by atoms with Gasteiger partial charge in [-0.15, -0.1) is 11.3 Å². The van der Waals surface area contributed by atoms with Crippen LogP contribution in [0.1, 0.15) is 18.4 Å². The molecule has 0 aliphatic rings. The van der Waals surface area contributed by atoms with E-state index in [1.165, 1.54) is 0 Å². The van der Waals surface area contributed by atoms with Gasteiger partial charge in [0.15, 0.2) is 6.10 Å². The van der Waals surface area contributed by atoms with E-state index in [9.17, 15) is 4.79 Å². The van der Waals surface area contributed by atoms with Crippen LogP contribution in [-0.2, 0) is 11.2 Å². The molecule has 0 saturated carbocycles. The molecule has 0 spiro atoms. The van der Waals surface area contributed by atoms with E-state index in [-0.39, 0.29) is 5.91 Å². The lowest BCUT2D eigenvalue weighted by Gasteiger charge is -2.16. The Morgan fingerprint density at radius 3 is 2.69 bits per heavy atom. The zero-order valence-electron chi connectivity index (χ0n) is 15.7. The number of ether oxygens (including phenoxy) is 1. The third-order valence-corrected chi connectivity index (χ3v) is 5.12. The van der Waals surface area contributed by atoms with Gasteiger partial charge in [0.25, 0.3) is 5.91 Å². The van der Waals surface area contributed by atoms with E-state index >= 15 is 0 Å². The summed E-state index contributed by atoms with van der Waals surface area (Å²) in [5.41, 5.74) is 1.58. The van der Waals surface area contributed by atoms with Crippen molar-refractivity contribution in [1.29, 1.82) is 0 Å². The summed E-state index contributed by atoms with van der Waals surface area (Å²) in [6.45, 7) is 1.72. The molecular formula is C22H19N3O3S. The molecule has 6 nitrogen and oxygen atoms in total. The molecule has 2 aromatic carbocycles. The molecule has 1 atom stereocenters. The number of carbonyl (C=O) groups is 1. The second-order valence-electron chi connectivity index (χ2n) is 6.39. The number of amides is 1. The lowest BCUT2D eigenvalue weighted by molar-refractivity contribution is -0.122. The average Bonchev–Trinajstić information content (AvgIpc) is 3.42. The van der Waals surface area contributed by atoms with Gasteiger partial charge in [-0.2, -0.15) is 4.98 Å². The second kappa shape index (κ2) is 8.70. The van der Waals surface area contributed by atoms with Crippen molar-refractivity contribution in [1.82, 2.24) is 10.1 Å². The maximum Gasteiger partial charge on any atom is 0.265 e. The topological polar surface area (TPSA) is 77.2 Å². The van der Waals surface area contributed by atoms with E-state index < -0.39 is 6.10 Å². The zero-order valence-corrected chi connectivity index (χ0v) is 16.6. The maximum absolute atomic E-state index is 12.6. The highest BCUT2D eigenvalue weighted by atomic mass is 32.1. The predicted molar refractivity (Wildman–Crippen MR) is 112 cm³/mol. The summed E-state index contributed by atoms with van der Waals surface area (Å²) in [5.74, 6) is 1.48. The van der Waals surface area contributed by atoms with Gasteiger partial charge in [-0.05, 0) is 42.1 Å². The molecule has 1 amide bonds. The Morgan fingerprint density at radius 1 is 1.10 bits per heavy atom. The summed E-state index contributed by atoms with van der Waals surface area (Å²) in [4.78, 5) is 18.0. The number of rotatable bonds is 7. The number of carbonyl (C=O) groups excluding carboxylic acids is 1. The smallest absolute Gasteiger partial charge is 0.265 e. The number of hydrogen-bond donors (Lipinski definition) is 1. The van der Waals surface area contributed by atoms with E-state index in [1.807, 2.05) is 72.1 Å². The number of nitrogens with one attached hydrogen (secondary N) is 1. The molecule has 0 saturated heterocycles. The summed E-state index contributed by atoms with van der Waals surface area (Å²) in [6.07, 6.45) is -0.220. The first kappa shape index (κ1) is 18.9. The van der Waals surface area contributed by atoms with Crippen molar-refractivity contribution in [3.05, 3.63) is 83.6 Å².